The zero-order valence-corrected chi connectivity index (χ0v) is 17.1. The third kappa shape index (κ3) is 5.32. The Balaban J connectivity index is 1.75. The summed E-state index contributed by atoms with van der Waals surface area (Å²) in [7, 11) is 0. The normalized spacial score (nSPS) is 10.7. The minimum Gasteiger partial charge on any atom is -0.462 e. The number of hydrogen-bond donors (Lipinski definition) is 0. The van der Waals surface area contributed by atoms with Gasteiger partial charge in [-0.25, -0.2) is 9.18 Å². The van der Waals surface area contributed by atoms with E-state index in [1.165, 1.54) is 24.8 Å². The summed E-state index contributed by atoms with van der Waals surface area (Å²) in [5, 5.41) is 0. The molecule has 0 aromatic heterocycles. The largest absolute Gasteiger partial charge is 0.462 e. The van der Waals surface area contributed by atoms with Crippen LogP contribution >= 0.6 is 0 Å². The van der Waals surface area contributed by atoms with Gasteiger partial charge < -0.3 is 4.74 Å². The highest BCUT2D eigenvalue weighted by Crippen LogP contribution is 2.28. The van der Waals surface area contributed by atoms with Crippen molar-refractivity contribution in [3.8, 4) is 22.3 Å². The van der Waals surface area contributed by atoms with Crippen molar-refractivity contribution in [2.24, 2.45) is 0 Å². The zero-order chi connectivity index (χ0) is 20.6. The second kappa shape index (κ2) is 10.0. The molecule has 29 heavy (non-hydrogen) atoms. The lowest BCUT2D eigenvalue weighted by Crippen LogP contribution is -2.04. The van der Waals surface area contributed by atoms with E-state index >= 15 is 0 Å². The minimum absolute atomic E-state index is 0.279. The first-order valence-electron chi connectivity index (χ1n) is 10.3. The average Bonchev–Trinajstić information content (AvgIpc) is 2.75. The molecule has 0 aliphatic rings. The number of aryl methyl sites for hydroxylation is 1. The van der Waals surface area contributed by atoms with Crippen molar-refractivity contribution in [2.75, 3.05) is 6.61 Å². The first-order valence-corrected chi connectivity index (χ1v) is 10.3. The molecule has 2 nitrogen and oxygen atoms in total. The van der Waals surface area contributed by atoms with Gasteiger partial charge in [0.05, 0.1) is 12.2 Å². The Kier molecular flexibility index (Phi) is 7.18. The molecule has 0 aliphatic heterocycles. The van der Waals surface area contributed by atoms with Crippen molar-refractivity contribution < 1.29 is 13.9 Å². The second-order valence-electron chi connectivity index (χ2n) is 7.15. The lowest BCUT2D eigenvalue weighted by Gasteiger charge is -2.09. The molecule has 0 saturated heterocycles. The fourth-order valence-electron chi connectivity index (χ4n) is 3.37. The van der Waals surface area contributed by atoms with E-state index in [-0.39, 0.29) is 11.8 Å². The third-order valence-corrected chi connectivity index (χ3v) is 5.03. The van der Waals surface area contributed by atoms with Gasteiger partial charge in [0.15, 0.2) is 0 Å². The summed E-state index contributed by atoms with van der Waals surface area (Å²) >= 11 is 0. The summed E-state index contributed by atoms with van der Waals surface area (Å²) in [6.07, 6.45) is 4.75. The summed E-state index contributed by atoms with van der Waals surface area (Å²) in [6, 6.07) is 20.5. The number of esters is 1. The monoisotopic (exact) mass is 390 g/mol. The Bertz CT molecular complexity index is 943. The molecule has 0 fully saturated rings. The highest BCUT2D eigenvalue weighted by Gasteiger charge is 2.10. The van der Waals surface area contributed by atoms with Crippen LogP contribution in [0.2, 0.25) is 0 Å². The molecule has 0 heterocycles. The zero-order valence-electron chi connectivity index (χ0n) is 17.1. The van der Waals surface area contributed by atoms with E-state index in [1.54, 1.807) is 43.3 Å². The number of ether oxygens (including phenoxy) is 1. The number of rotatable bonds is 8. The smallest absolute Gasteiger partial charge is 0.338 e. The van der Waals surface area contributed by atoms with Crippen molar-refractivity contribution in [1.82, 2.24) is 0 Å². The highest BCUT2D eigenvalue weighted by molar-refractivity contribution is 5.90. The van der Waals surface area contributed by atoms with Gasteiger partial charge in [0, 0.05) is 5.56 Å². The van der Waals surface area contributed by atoms with Crippen molar-refractivity contribution in [3.63, 3.8) is 0 Å². The number of unbranched alkanes of at least 4 members (excludes halogenated alkanes) is 2. The van der Waals surface area contributed by atoms with Gasteiger partial charge in [-0.3, -0.25) is 0 Å². The van der Waals surface area contributed by atoms with Crippen LogP contribution in [0, 0.1) is 5.82 Å². The van der Waals surface area contributed by atoms with Crippen molar-refractivity contribution in [3.05, 3.63) is 83.7 Å². The first-order chi connectivity index (χ1) is 14.1. The summed E-state index contributed by atoms with van der Waals surface area (Å²) in [6.45, 7) is 4.30. The quantitative estimate of drug-likeness (QED) is 0.304. The van der Waals surface area contributed by atoms with Crippen LogP contribution in [-0.4, -0.2) is 12.6 Å². The Morgan fingerprint density at radius 2 is 1.48 bits per heavy atom. The van der Waals surface area contributed by atoms with Crippen LogP contribution in [-0.2, 0) is 11.2 Å². The molecule has 3 aromatic rings. The maximum absolute atomic E-state index is 14.8. The van der Waals surface area contributed by atoms with E-state index in [4.69, 9.17) is 4.74 Å². The van der Waals surface area contributed by atoms with E-state index in [0.717, 1.165) is 23.1 Å². The van der Waals surface area contributed by atoms with Crippen LogP contribution in [0.5, 0.6) is 0 Å². The van der Waals surface area contributed by atoms with E-state index in [1.807, 2.05) is 6.07 Å². The van der Waals surface area contributed by atoms with Gasteiger partial charge in [0.25, 0.3) is 0 Å². The van der Waals surface area contributed by atoms with Crippen LogP contribution in [0.3, 0.4) is 0 Å². The molecule has 3 heteroatoms. The summed E-state index contributed by atoms with van der Waals surface area (Å²) in [4.78, 5) is 11.8. The standard InChI is InChI=1S/C26H27FO2/c1-3-5-6-7-19-8-10-20(11-9-19)23-16-17-24(25(27)18-23)21-12-14-22(15-13-21)26(28)29-4-2/h8-18H,3-7H2,1-2H3. The van der Waals surface area contributed by atoms with Gasteiger partial charge in [-0.1, -0.05) is 68.3 Å². The third-order valence-electron chi connectivity index (χ3n) is 5.03. The Hall–Kier alpha value is -2.94. The lowest BCUT2D eigenvalue weighted by atomic mass is 9.97. The van der Waals surface area contributed by atoms with E-state index in [0.29, 0.717) is 17.7 Å². The summed E-state index contributed by atoms with van der Waals surface area (Å²) in [5.74, 6) is -0.647. The highest BCUT2D eigenvalue weighted by atomic mass is 19.1. The molecule has 0 amide bonds. The van der Waals surface area contributed by atoms with Crippen LogP contribution in [0.4, 0.5) is 4.39 Å². The number of carbonyl (C=O) groups excluding carboxylic acids is 1. The Morgan fingerprint density at radius 1 is 0.828 bits per heavy atom. The van der Waals surface area contributed by atoms with Gasteiger partial charge in [-0.15, -0.1) is 0 Å². The fraction of sp³-hybridized carbons (Fsp3) is 0.269. The van der Waals surface area contributed by atoms with Crippen molar-refractivity contribution in [2.45, 2.75) is 39.5 Å². The number of carbonyl (C=O) groups is 1. The fourth-order valence-corrected chi connectivity index (χ4v) is 3.37. The van der Waals surface area contributed by atoms with Gasteiger partial charge in [-0.05, 0) is 60.2 Å². The van der Waals surface area contributed by atoms with Gasteiger partial charge in [-0.2, -0.15) is 0 Å². The van der Waals surface area contributed by atoms with E-state index in [9.17, 15) is 9.18 Å². The summed E-state index contributed by atoms with van der Waals surface area (Å²) < 4.78 is 19.8. The average molecular weight is 390 g/mol. The molecule has 0 atom stereocenters. The van der Waals surface area contributed by atoms with E-state index in [2.05, 4.69) is 31.2 Å². The van der Waals surface area contributed by atoms with Gasteiger partial charge >= 0.3 is 5.97 Å². The van der Waals surface area contributed by atoms with Crippen molar-refractivity contribution >= 4 is 5.97 Å². The van der Waals surface area contributed by atoms with Crippen LogP contribution in [0.15, 0.2) is 66.7 Å². The number of benzene rings is 3. The molecule has 0 spiro atoms. The molecule has 150 valence electrons. The predicted molar refractivity (Wildman–Crippen MR) is 116 cm³/mol. The molecule has 0 unspecified atom stereocenters. The van der Waals surface area contributed by atoms with Gasteiger partial charge in [0.2, 0.25) is 0 Å². The predicted octanol–water partition coefficient (Wildman–Crippen LogP) is 7.07. The molecule has 0 N–H and O–H groups in total. The molecular formula is C26H27FO2. The second-order valence-corrected chi connectivity index (χ2v) is 7.15. The summed E-state index contributed by atoms with van der Waals surface area (Å²) in [5.41, 5.74) is 4.89. The topological polar surface area (TPSA) is 26.3 Å². The number of hydrogen-bond acceptors (Lipinski definition) is 2. The molecular weight excluding hydrogens is 363 g/mol. The molecule has 3 rings (SSSR count). The van der Waals surface area contributed by atoms with Crippen LogP contribution < -0.4 is 0 Å². The maximum atomic E-state index is 14.8. The van der Waals surface area contributed by atoms with Gasteiger partial charge in [0.1, 0.15) is 5.82 Å². The molecule has 0 saturated carbocycles. The number of halogens is 1. The van der Waals surface area contributed by atoms with Crippen molar-refractivity contribution in [1.29, 1.82) is 0 Å². The van der Waals surface area contributed by atoms with E-state index < -0.39 is 0 Å². The Labute approximate surface area is 172 Å². The first kappa shape index (κ1) is 20.8. The minimum atomic E-state index is -0.368. The maximum Gasteiger partial charge on any atom is 0.338 e. The molecule has 3 aromatic carbocycles. The van der Waals surface area contributed by atoms with Crippen LogP contribution in [0.25, 0.3) is 22.3 Å². The molecule has 0 aliphatic carbocycles. The SMILES string of the molecule is CCCCCc1ccc(-c2ccc(-c3ccc(C(=O)OCC)cc3)c(F)c2)cc1. The Morgan fingerprint density at radius 3 is 2.10 bits per heavy atom. The molecule has 0 radical (unpaired) electrons. The van der Waals surface area contributed by atoms with Crippen LogP contribution in [0.1, 0.15) is 49.0 Å². The molecule has 0 bridgehead atoms. The lowest BCUT2D eigenvalue weighted by molar-refractivity contribution is 0.0526.